The van der Waals surface area contributed by atoms with E-state index in [9.17, 15) is 0 Å². The summed E-state index contributed by atoms with van der Waals surface area (Å²) in [5, 5.41) is 8.64. The Morgan fingerprint density at radius 1 is 1.30 bits per heavy atom. The summed E-state index contributed by atoms with van der Waals surface area (Å²) in [4.78, 5) is 0. The van der Waals surface area contributed by atoms with Gasteiger partial charge in [0.05, 0.1) is 6.54 Å². The third-order valence-corrected chi connectivity index (χ3v) is 4.14. The molecule has 1 unspecified atom stereocenters. The monoisotopic (exact) mass is 273 g/mol. The molecule has 108 valence electrons. The number of rotatable bonds is 4. The number of nitrogens with two attached hydrogens (primary N) is 1. The fourth-order valence-electron chi connectivity index (χ4n) is 2.79. The Morgan fingerprint density at radius 3 is 2.95 bits per heavy atom. The van der Waals surface area contributed by atoms with Crippen molar-refractivity contribution in [2.75, 3.05) is 0 Å². The van der Waals surface area contributed by atoms with Crippen LogP contribution in [-0.4, -0.2) is 19.3 Å². The van der Waals surface area contributed by atoms with E-state index in [1.165, 1.54) is 18.4 Å². The van der Waals surface area contributed by atoms with Gasteiger partial charge in [-0.2, -0.15) is 0 Å². The second-order valence-electron chi connectivity index (χ2n) is 6.03. The molecule has 0 amide bonds. The molecule has 3 rings (SSSR count). The van der Waals surface area contributed by atoms with E-state index in [1.807, 2.05) is 0 Å². The molecule has 2 N–H and O–H groups in total. The second-order valence-corrected chi connectivity index (χ2v) is 6.03. The average molecular weight is 273 g/mol. The van der Waals surface area contributed by atoms with Crippen molar-refractivity contribution in [2.45, 2.75) is 52.2 Å². The van der Waals surface area contributed by atoms with Crippen LogP contribution in [-0.2, 0) is 19.5 Å². The molecule has 5 nitrogen and oxygen atoms in total. The SMILES string of the molecule is CC(C)C(N)c1ccn(Cc2nnc3n2CCCC3)c1. The van der Waals surface area contributed by atoms with E-state index >= 15 is 0 Å². The van der Waals surface area contributed by atoms with Crippen LogP contribution in [0.5, 0.6) is 0 Å². The molecule has 5 heteroatoms. The Morgan fingerprint density at radius 2 is 2.15 bits per heavy atom. The van der Waals surface area contributed by atoms with Gasteiger partial charge in [-0.25, -0.2) is 0 Å². The first-order valence-electron chi connectivity index (χ1n) is 7.47. The number of aromatic nitrogens is 4. The fourth-order valence-corrected chi connectivity index (χ4v) is 2.79. The Balaban J connectivity index is 1.77. The molecule has 3 heterocycles. The van der Waals surface area contributed by atoms with E-state index in [1.54, 1.807) is 0 Å². The molecular formula is C15H23N5. The van der Waals surface area contributed by atoms with Crippen molar-refractivity contribution in [1.29, 1.82) is 0 Å². The first-order valence-corrected chi connectivity index (χ1v) is 7.47. The predicted molar refractivity (Wildman–Crippen MR) is 78.3 cm³/mol. The molecule has 0 aliphatic carbocycles. The van der Waals surface area contributed by atoms with Crippen LogP contribution in [0.15, 0.2) is 18.5 Å². The minimum Gasteiger partial charge on any atom is -0.346 e. The van der Waals surface area contributed by atoms with Crippen molar-refractivity contribution in [3.8, 4) is 0 Å². The average Bonchev–Trinajstić information content (AvgIpc) is 3.06. The van der Waals surface area contributed by atoms with Crippen LogP contribution in [0.3, 0.4) is 0 Å². The zero-order valence-electron chi connectivity index (χ0n) is 12.3. The van der Waals surface area contributed by atoms with Gasteiger partial charge < -0.3 is 14.9 Å². The van der Waals surface area contributed by atoms with Crippen LogP contribution < -0.4 is 5.73 Å². The molecule has 1 aliphatic rings. The molecule has 0 saturated heterocycles. The number of hydrogen-bond donors (Lipinski definition) is 1. The van der Waals surface area contributed by atoms with E-state index in [2.05, 4.69) is 51.6 Å². The fraction of sp³-hybridized carbons (Fsp3) is 0.600. The normalized spacial score (nSPS) is 16.4. The maximum atomic E-state index is 6.19. The van der Waals surface area contributed by atoms with E-state index in [0.717, 1.165) is 31.2 Å². The molecule has 0 radical (unpaired) electrons. The summed E-state index contributed by atoms with van der Waals surface area (Å²) in [5.41, 5.74) is 7.38. The first kappa shape index (κ1) is 13.4. The zero-order valence-corrected chi connectivity index (χ0v) is 12.3. The molecule has 2 aromatic heterocycles. The van der Waals surface area contributed by atoms with Gasteiger partial charge in [-0.3, -0.25) is 0 Å². The minimum absolute atomic E-state index is 0.101. The van der Waals surface area contributed by atoms with Crippen LogP contribution >= 0.6 is 0 Å². The molecule has 0 spiro atoms. The summed E-state index contributed by atoms with van der Waals surface area (Å²) >= 11 is 0. The van der Waals surface area contributed by atoms with Gasteiger partial charge >= 0.3 is 0 Å². The van der Waals surface area contributed by atoms with Gasteiger partial charge in [0.25, 0.3) is 0 Å². The van der Waals surface area contributed by atoms with Crippen molar-refractivity contribution in [3.05, 3.63) is 35.7 Å². The molecule has 0 aromatic carbocycles. The molecule has 2 aromatic rings. The minimum atomic E-state index is 0.101. The summed E-state index contributed by atoms with van der Waals surface area (Å²) in [6.07, 6.45) is 7.74. The second kappa shape index (κ2) is 5.40. The highest BCUT2D eigenvalue weighted by molar-refractivity contribution is 5.16. The highest BCUT2D eigenvalue weighted by Crippen LogP contribution is 2.20. The number of aryl methyl sites for hydroxylation is 1. The predicted octanol–water partition coefficient (Wildman–Crippen LogP) is 2.12. The third-order valence-electron chi connectivity index (χ3n) is 4.14. The van der Waals surface area contributed by atoms with Crippen LogP contribution in [0.25, 0.3) is 0 Å². The summed E-state index contributed by atoms with van der Waals surface area (Å²) in [5.74, 6) is 2.64. The van der Waals surface area contributed by atoms with E-state index in [4.69, 9.17) is 5.73 Å². The summed E-state index contributed by atoms with van der Waals surface area (Å²) in [6, 6.07) is 2.21. The van der Waals surface area contributed by atoms with Gasteiger partial charge in [0.15, 0.2) is 5.82 Å². The molecule has 20 heavy (non-hydrogen) atoms. The quantitative estimate of drug-likeness (QED) is 0.928. The number of hydrogen-bond acceptors (Lipinski definition) is 3. The molecule has 1 aliphatic heterocycles. The Kier molecular flexibility index (Phi) is 3.61. The highest BCUT2D eigenvalue weighted by Gasteiger charge is 2.16. The van der Waals surface area contributed by atoms with Crippen LogP contribution in [0.1, 0.15) is 49.9 Å². The van der Waals surface area contributed by atoms with Crippen molar-refractivity contribution in [3.63, 3.8) is 0 Å². The Hall–Kier alpha value is -1.62. The lowest BCUT2D eigenvalue weighted by Gasteiger charge is -2.15. The van der Waals surface area contributed by atoms with Gasteiger partial charge in [0.1, 0.15) is 5.82 Å². The molecule has 0 saturated carbocycles. The highest BCUT2D eigenvalue weighted by atomic mass is 15.3. The summed E-state index contributed by atoms with van der Waals surface area (Å²) < 4.78 is 4.43. The van der Waals surface area contributed by atoms with E-state index in [0.29, 0.717) is 5.92 Å². The lowest BCUT2D eigenvalue weighted by molar-refractivity contribution is 0.500. The van der Waals surface area contributed by atoms with Crippen LogP contribution in [0.2, 0.25) is 0 Å². The molecule has 0 bridgehead atoms. The molecular weight excluding hydrogens is 250 g/mol. The smallest absolute Gasteiger partial charge is 0.152 e. The van der Waals surface area contributed by atoms with Crippen LogP contribution in [0, 0.1) is 5.92 Å². The van der Waals surface area contributed by atoms with Gasteiger partial charge in [0.2, 0.25) is 0 Å². The summed E-state index contributed by atoms with van der Waals surface area (Å²) in [7, 11) is 0. The third kappa shape index (κ3) is 2.50. The molecule has 1 atom stereocenters. The van der Waals surface area contributed by atoms with Crippen molar-refractivity contribution in [2.24, 2.45) is 11.7 Å². The van der Waals surface area contributed by atoms with Crippen molar-refractivity contribution >= 4 is 0 Å². The van der Waals surface area contributed by atoms with Gasteiger partial charge in [-0.05, 0) is 30.4 Å². The largest absolute Gasteiger partial charge is 0.346 e. The lowest BCUT2D eigenvalue weighted by atomic mass is 10.00. The maximum Gasteiger partial charge on any atom is 0.152 e. The van der Waals surface area contributed by atoms with Crippen molar-refractivity contribution < 1.29 is 0 Å². The maximum absolute atomic E-state index is 6.19. The lowest BCUT2D eigenvalue weighted by Crippen LogP contribution is -2.16. The standard InChI is InChI=1S/C15H23N5/c1-11(2)15(16)12-6-8-19(9-12)10-14-18-17-13-5-3-4-7-20(13)14/h6,8-9,11,15H,3-5,7,10,16H2,1-2H3. The number of nitrogens with zero attached hydrogens (tertiary/aromatic N) is 4. The Labute approximate surface area is 119 Å². The zero-order chi connectivity index (χ0) is 14.1. The first-order chi connectivity index (χ1) is 9.65. The van der Waals surface area contributed by atoms with Gasteiger partial charge in [-0.1, -0.05) is 13.8 Å². The van der Waals surface area contributed by atoms with E-state index in [-0.39, 0.29) is 6.04 Å². The van der Waals surface area contributed by atoms with Crippen LogP contribution in [0.4, 0.5) is 0 Å². The topological polar surface area (TPSA) is 61.7 Å². The Bertz CT molecular complexity index is 581. The molecule has 0 fully saturated rings. The number of fused-ring (bicyclic) bond motifs is 1. The summed E-state index contributed by atoms with van der Waals surface area (Å²) in [6.45, 7) is 6.13. The van der Waals surface area contributed by atoms with E-state index < -0.39 is 0 Å². The van der Waals surface area contributed by atoms with Gasteiger partial charge in [0, 0.05) is 31.4 Å². The van der Waals surface area contributed by atoms with Crippen molar-refractivity contribution in [1.82, 2.24) is 19.3 Å². The van der Waals surface area contributed by atoms with Gasteiger partial charge in [-0.15, -0.1) is 10.2 Å².